The first-order valence-electron chi connectivity index (χ1n) is 9.72. The van der Waals surface area contributed by atoms with E-state index in [-0.39, 0.29) is 5.91 Å². The van der Waals surface area contributed by atoms with Gasteiger partial charge in [0.2, 0.25) is 0 Å². The molecule has 6 nitrogen and oxygen atoms in total. The minimum atomic E-state index is 0.00944. The fourth-order valence-corrected chi connectivity index (χ4v) is 4.51. The monoisotopic (exact) mass is 403 g/mol. The van der Waals surface area contributed by atoms with Gasteiger partial charge in [0, 0.05) is 38.9 Å². The van der Waals surface area contributed by atoms with E-state index in [2.05, 4.69) is 45.3 Å². The molecule has 5 rings (SSSR count). The second-order valence-corrected chi connectivity index (χ2v) is 8.10. The van der Waals surface area contributed by atoms with E-state index in [1.54, 1.807) is 28.2 Å². The van der Waals surface area contributed by atoms with Gasteiger partial charge in [-0.1, -0.05) is 36.4 Å². The molecule has 0 spiro atoms. The van der Waals surface area contributed by atoms with Crippen molar-refractivity contribution >= 4 is 22.9 Å². The molecule has 1 saturated heterocycles. The SMILES string of the molecule is O=C(c1cnn2c(-c3cccs3)ccnc12)N1CCN(Cc2ccccc2)CC1. The Labute approximate surface area is 173 Å². The molecule has 3 aromatic heterocycles. The van der Waals surface area contributed by atoms with Crippen LogP contribution in [0.4, 0.5) is 0 Å². The molecule has 0 aliphatic carbocycles. The molecular formula is C22H21N5OS. The largest absolute Gasteiger partial charge is 0.336 e. The minimum Gasteiger partial charge on any atom is -0.336 e. The molecule has 1 fully saturated rings. The van der Waals surface area contributed by atoms with Gasteiger partial charge in [0.1, 0.15) is 5.56 Å². The lowest BCUT2D eigenvalue weighted by atomic mass is 10.2. The lowest BCUT2D eigenvalue weighted by molar-refractivity contribution is 0.0630. The van der Waals surface area contributed by atoms with Crippen LogP contribution in [0.25, 0.3) is 16.2 Å². The number of nitrogens with zero attached hydrogens (tertiary/aromatic N) is 5. The van der Waals surface area contributed by atoms with Crippen LogP contribution >= 0.6 is 11.3 Å². The van der Waals surface area contributed by atoms with Gasteiger partial charge in [-0.3, -0.25) is 9.69 Å². The standard InChI is InChI=1S/C22H21N5OS/c28-22(26-12-10-25(11-13-26)16-17-5-2-1-3-6-17)18-15-24-27-19(8-9-23-21(18)27)20-7-4-14-29-20/h1-9,14-15H,10-13,16H2. The third-order valence-electron chi connectivity index (χ3n) is 5.31. The van der Waals surface area contributed by atoms with Gasteiger partial charge in [0.15, 0.2) is 5.65 Å². The Morgan fingerprint density at radius 3 is 2.59 bits per heavy atom. The Hall–Kier alpha value is -3.03. The Kier molecular flexibility index (Phi) is 4.83. The van der Waals surface area contributed by atoms with E-state index < -0.39 is 0 Å². The molecule has 1 amide bonds. The first-order valence-corrected chi connectivity index (χ1v) is 10.6. The molecule has 0 bridgehead atoms. The fourth-order valence-electron chi connectivity index (χ4n) is 3.77. The van der Waals surface area contributed by atoms with E-state index in [0.717, 1.165) is 30.2 Å². The van der Waals surface area contributed by atoms with Crippen molar-refractivity contribution in [2.45, 2.75) is 6.54 Å². The zero-order valence-corrected chi connectivity index (χ0v) is 16.8. The van der Waals surface area contributed by atoms with Gasteiger partial charge in [-0.25, -0.2) is 9.50 Å². The predicted molar refractivity (Wildman–Crippen MR) is 114 cm³/mol. The van der Waals surface area contributed by atoms with Crippen LogP contribution in [0, 0.1) is 0 Å². The highest BCUT2D eigenvalue weighted by molar-refractivity contribution is 7.13. The Morgan fingerprint density at radius 2 is 1.83 bits per heavy atom. The van der Waals surface area contributed by atoms with E-state index in [4.69, 9.17) is 0 Å². The maximum atomic E-state index is 13.2. The number of carbonyl (C=O) groups is 1. The van der Waals surface area contributed by atoms with Crippen LogP contribution < -0.4 is 0 Å². The molecule has 0 unspecified atom stereocenters. The second-order valence-electron chi connectivity index (χ2n) is 7.15. The summed E-state index contributed by atoms with van der Waals surface area (Å²) in [6, 6.07) is 16.5. The van der Waals surface area contributed by atoms with Crippen molar-refractivity contribution in [3.05, 3.63) is 77.4 Å². The van der Waals surface area contributed by atoms with Gasteiger partial charge in [-0.2, -0.15) is 5.10 Å². The molecule has 146 valence electrons. The van der Waals surface area contributed by atoms with Gasteiger partial charge in [-0.15, -0.1) is 11.3 Å². The number of fused-ring (bicyclic) bond motifs is 1. The number of aromatic nitrogens is 3. The zero-order valence-electron chi connectivity index (χ0n) is 15.9. The summed E-state index contributed by atoms with van der Waals surface area (Å²) in [6.45, 7) is 4.09. The highest BCUT2D eigenvalue weighted by Crippen LogP contribution is 2.25. The first kappa shape index (κ1) is 18.0. The summed E-state index contributed by atoms with van der Waals surface area (Å²) in [5, 5.41) is 6.50. The Balaban J connectivity index is 1.32. The quantitative estimate of drug-likeness (QED) is 0.524. The highest BCUT2D eigenvalue weighted by Gasteiger charge is 2.25. The predicted octanol–water partition coefficient (Wildman–Crippen LogP) is 3.42. The highest BCUT2D eigenvalue weighted by atomic mass is 32.1. The summed E-state index contributed by atoms with van der Waals surface area (Å²) in [6.07, 6.45) is 3.40. The van der Waals surface area contributed by atoms with Crippen molar-refractivity contribution in [1.82, 2.24) is 24.4 Å². The lowest BCUT2D eigenvalue weighted by Crippen LogP contribution is -2.48. The van der Waals surface area contributed by atoms with Gasteiger partial charge < -0.3 is 4.90 Å². The average molecular weight is 404 g/mol. The summed E-state index contributed by atoms with van der Waals surface area (Å²) in [5.41, 5.74) is 3.45. The molecule has 1 aliphatic rings. The summed E-state index contributed by atoms with van der Waals surface area (Å²) < 4.78 is 1.77. The first-order chi connectivity index (χ1) is 14.3. The molecule has 1 aliphatic heterocycles. The number of rotatable bonds is 4. The number of piperazine rings is 1. The molecule has 4 heterocycles. The van der Waals surface area contributed by atoms with E-state index in [9.17, 15) is 4.79 Å². The van der Waals surface area contributed by atoms with Crippen molar-refractivity contribution in [3.63, 3.8) is 0 Å². The lowest BCUT2D eigenvalue weighted by Gasteiger charge is -2.34. The Bertz CT molecular complexity index is 1110. The number of thiophene rings is 1. The molecular weight excluding hydrogens is 382 g/mol. The van der Waals surface area contributed by atoms with Crippen LogP contribution in [-0.4, -0.2) is 56.5 Å². The topological polar surface area (TPSA) is 53.7 Å². The normalized spacial score (nSPS) is 15.1. The smallest absolute Gasteiger partial charge is 0.259 e. The third-order valence-corrected chi connectivity index (χ3v) is 6.21. The number of benzene rings is 1. The molecule has 1 aromatic carbocycles. The zero-order chi connectivity index (χ0) is 19.6. The van der Waals surface area contributed by atoms with Crippen molar-refractivity contribution < 1.29 is 4.79 Å². The van der Waals surface area contributed by atoms with E-state index >= 15 is 0 Å². The van der Waals surface area contributed by atoms with E-state index in [0.29, 0.717) is 24.3 Å². The number of carbonyl (C=O) groups excluding carboxylic acids is 1. The van der Waals surface area contributed by atoms with Crippen LogP contribution in [0.1, 0.15) is 15.9 Å². The van der Waals surface area contributed by atoms with Crippen molar-refractivity contribution in [1.29, 1.82) is 0 Å². The number of amides is 1. The molecule has 29 heavy (non-hydrogen) atoms. The van der Waals surface area contributed by atoms with Crippen molar-refractivity contribution in [3.8, 4) is 10.6 Å². The maximum Gasteiger partial charge on any atom is 0.259 e. The maximum absolute atomic E-state index is 13.2. The van der Waals surface area contributed by atoms with Crippen LogP contribution in [0.3, 0.4) is 0 Å². The molecule has 0 saturated carbocycles. The summed E-state index contributed by atoms with van der Waals surface area (Å²) in [4.78, 5) is 23.0. The van der Waals surface area contributed by atoms with Gasteiger partial charge in [0.05, 0.1) is 16.8 Å². The summed E-state index contributed by atoms with van der Waals surface area (Å²) in [5.74, 6) is 0.00944. The van der Waals surface area contributed by atoms with Crippen LogP contribution in [-0.2, 0) is 6.54 Å². The Morgan fingerprint density at radius 1 is 1.00 bits per heavy atom. The van der Waals surface area contributed by atoms with Gasteiger partial charge in [-0.05, 0) is 23.1 Å². The van der Waals surface area contributed by atoms with Crippen LogP contribution in [0.5, 0.6) is 0 Å². The van der Waals surface area contributed by atoms with Crippen LogP contribution in [0.2, 0.25) is 0 Å². The van der Waals surface area contributed by atoms with Crippen LogP contribution in [0.15, 0.2) is 66.3 Å². The number of hydrogen-bond donors (Lipinski definition) is 0. The molecule has 0 radical (unpaired) electrons. The van der Waals surface area contributed by atoms with Crippen molar-refractivity contribution in [2.24, 2.45) is 0 Å². The second kappa shape index (κ2) is 7.77. The van der Waals surface area contributed by atoms with E-state index in [1.807, 2.05) is 28.5 Å². The number of hydrogen-bond acceptors (Lipinski definition) is 5. The van der Waals surface area contributed by atoms with Gasteiger partial charge in [0.25, 0.3) is 5.91 Å². The van der Waals surface area contributed by atoms with Crippen molar-refractivity contribution in [2.75, 3.05) is 26.2 Å². The fraction of sp³-hybridized carbons (Fsp3) is 0.227. The summed E-state index contributed by atoms with van der Waals surface area (Å²) in [7, 11) is 0. The molecule has 0 atom stereocenters. The average Bonchev–Trinajstić information content (AvgIpc) is 3.45. The molecule has 0 N–H and O–H groups in total. The molecule has 4 aromatic rings. The van der Waals surface area contributed by atoms with Gasteiger partial charge >= 0.3 is 0 Å². The molecule has 7 heteroatoms. The third kappa shape index (κ3) is 3.54. The summed E-state index contributed by atoms with van der Waals surface area (Å²) >= 11 is 1.65. The van der Waals surface area contributed by atoms with E-state index in [1.165, 1.54) is 5.56 Å². The minimum absolute atomic E-state index is 0.00944.